The molecule has 0 saturated carbocycles. The van der Waals surface area contributed by atoms with E-state index in [0.29, 0.717) is 48.6 Å². The van der Waals surface area contributed by atoms with Crippen molar-refractivity contribution in [3.63, 3.8) is 0 Å². The van der Waals surface area contributed by atoms with Crippen molar-refractivity contribution in [1.29, 1.82) is 0 Å². The number of ketones is 1. The van der Waals surface area contributed by atoms with E-state index in [4.69, 9.17) is 9.47 Å². The highest BCUT2D eigenvalue weighted by molar-refractivity contribution is 6.46. The second-order valence-corrected chi connectivity index (χ2v) is 8.93. The fourth-order valence-electron chi connectivity index (χ4n) is 4.93. The second kappa shape index (κ2) is 11.0. The van der Waals surface area contributed by atoms with E-state index in [2.05, 4.69) is 14.9 Å². The number of pyridine rings is 1. The summed E-state index contributed by atoms with van der Waals surface area (Å²) in [7, 11) is 0. The molecule has 192 valence electrons. The molecular weight excluding hydrogens is 464 g/mol. The first kappa shape index (κ1) is 25.6. The summed E-state index contributed by atoms with van der Waals surface area (Å²) in [6.07, 6.45) is 3.87. The van der Waals surface area contributed by atoms with Gasteiger partial charge in [-0.25, -0.2) is 4.79 Å². The molecule has 10 heteroatoms. The van der Waals surface area contributed by atoms with Crippen LogP contribution in [-0.2, 0) is 19.1 Å². The van der Waals surface area contributed by atoms with E-state index >= 15 is 0 Å². The molecule has 4 rings (SSSR count). The third kappa shape index (κ3) is 4.91. The molecule has 2 aliphatic rings. The number of hydrogen-bond donors (Lipinski definition) is 2. The fraction of sp³-hybridized carbons (Fsp3) is 0.462. The number of aliphatic hydroxyl groups is 1. The molecule has 0 spiro atoms. The first-order valence-electron chi connectivity index (χ1n) is 12.2. The maximum Gasteiger partial charge on any atom is 0.355 e. The number of Topliss-reactive ketones (excluding diaryl/α,β-unsaturated/α-hetero) is 1. The van der Waals surface area contributed by atoms with E-state index in [1.807, 2.05) is 0 Å². The number of rotatable bonds is 8. The third-order valence-electron chi connectivity index (χ3n) is 6.67. The number of aromatic nitrogens is 2. The van der Waals surface area contributed by atoms with Crippen LogP contribution < -0.4 is 0 Å². The van der Waals surface area contributed by atoms with Crippen molar-refractivity contribution in [2.75, 3.05) is 46.0 Å². The lowest BCUT2D eigenvalue weighted by molar-refractivity contribution is -0.140. The zero-order valence-electron chi connectivity index (χ0n) is 20.9. The summed E-state index contributed by atoms with van der Waals surface area (Å²) in [6.45, 7) is 9.42. The number of aliphatic hydroxyl groups excluding tert-OH is 1. The van der Waals surface area contributed by atoms with Crippen LogP contribution in [0, 0.1) is 13.8 Å². The number of aryl methyl sites for hydroxylation is 1. The summed E-state index contributed by atoms with van der Waals surface area (Å²) in [6, 6.07) is 2.73. The van der Waals surface area contributed by atoms with Gasteiger partial charge in [0.05, 0.1) is 31.4 Å². The number of carbonyl (C=O) groups excluding carboxylic acids is 3. The van der Waals surface area contributed by atoms with Crippen LogP contribution in [0.5, 0.6) is 0 Å². The summed E-state index contributed by atoms with van der Waals surface area (Å²) in [5.41, 5.74) is 2.08. The number of ether oxygens (including phenoxy) is 2. The van der Waals surface area contributed by atoms with E-state index in [9.17, 15) is 19.5 Å². The Morgan fingerprint density at radius 1 is 1.25 bits per heavy atom. The largest absolute Gasteiger partial charge is 0.507 e. The predicted octanol–water partition coefficient (Wildman–Crippen LogP) is 2.35. The normalized spacial score (nSPS) is 20.2. The van der Waals surface area contributed by atoms with E-state index in [1.165, 1.54) is 4.90 Å². The molecule has 1 amide bonds. The summed E-state index contributed by atoms with van der Waals surface area (Å²) in [5.74, 6) is -2.29. The van der Waals surface area contributed by atoms with Gasteiger partial charge in [0, 0.05) is 49.8 Å². The number of esters is 1. The van der Waals surface area contributed by atoms with Crippen LogP contribution in [0.1, 0.15) is 52.3 Å². The van der Waals surface area contributed by atoms with Crippen LogP contribution in [0.3, 0.4) is 0 Å². The van der Waals surface area contributed by atoms with Crippen LogP contribution in [0.15, 0.2) is 30.1 Å². The van der Waals surface area contributed by atoms with Gasteiger partial charge >= 0.3 is 5.97 Å². The summed E-state index contributed by atoms with van der Waals surface area (Å²) >= 11 is 0. The fourth-order valence-corrected chi connectivity index (χ4v) is 4.93. The molecule has 2 aromatic heterocycles. The van der Waals surface area contributed by atoms with Gasteiger partial charge in [-0.1, -0.05) is 6.07 Å². The number of likely N-dealkylation sites (tertiary alicyclic amines) is 1. The monoisotopic (exact) mass is 496 g/mol. The standard InChI is InChI=1S/C26H32N4O6/c1-4-36-26(34)21-16(2)19(17(3)28-21)23(31)20-22(18-7-5-8-27-15-18)30(25(33)24(20)32)10-6-9-29-11-13-35-14-12-29/h5,7-8,15,22,28,31H,4,6,9-14H2,1-3H3/t22-/m0/s1. The number of H-pyrrole nitrogens is 1. The first-order valence-corrected chi connectivity index (χ1v) is 12.2. The Morgan fingerprint density at radius 3 is 2.67 bits per heavy atom. The summed E-state index contributed by atoms with van der Waals surface area (Å²) < 4.78 is 10.5. The van der Waals surface area contributed by atoms with Crippen molar-refractivity contribution in [3.05, 3.63) is 58.2 Å². The topological polar surface area (TPSA) is 125 Å². The van der Waals surface area contributed by atoms with Crippen LogP contribution in [0.25, 0.3) is 5.76 Å². The molecule has 1 atom stereocenters. The molecule has 0 aromatic carbocycles. The third-order valence-corrected chi connectivity index (χ3v) is 6.67. The SMILES string of the molecule is CCOC(=O)c1[nH]c(C)c(C(O)=C2C(=O)C(=O)N(CCCN3CCOCC3)[C@H]2c2cccnc2)c1C. The van der Waals surface area contributed by atoms with Crippen molar-refractivity contribution >= 4 is 23.4 Å². The molecule has 2 aromatic rings. The number of amides is 1. The average Bonchev–Trinajstić information content (AvgIpc) is 3.32. The molecule has 36 heavy (non-hydrogen) atoms. The van der Waals surface area contributed by atoms with E-state index < -0.39 is 23.7 Å². The smallest absolute Gasteiger partial charge is 0.355 e. The van der Waals surface area contributed by atoms with Crippen molar-refractivity contribution in [3.8, 4) is 0 Å². The molecule has 2 fully saturated rings. The van der Waals surface area contributed by atoms with E-state index in [0.717, 1.165) is 19.6 Å². The average molecular weight is 497 g/mol. The minimum atomic E-state index is -0.789. The quantitative estimate of drug-likeness (QED) is 0.247. The maximum absolute atomic E-state index is 13.3. The van der Waals surface area contributed by atoms with Crippen LogP contribution in [-0.4, -0.2) is 88.5 Å². The molecule has 4 heterocycles. The highest BCUT2D eigenvalue weighted by Crippen LogP contribution is 2.40. The molecule has 2 N–H and O–H groups in total. The highest BCUT2D eigenvalue weighted by atomic mass is 16.5. The lowest BCUT2D eigenvalue weighted by Gasteiger charge is -2.29. The van der Waals surface area contributed by atoms with Gasteiger partial charge in [-0.05, 0) is 44.4 Å². The van der Waals surface area contributed by atoms with Crippen molar-refractivity contribution in [1.82, 2.24) is 19.8 Å². The maximum atomic E-state index is 13.3. The Bertz CT molecular complexity index is 1170. The molecule has 10 nitrogen and oxygen atoms in total. The van der Waals surface area contributed by atoms with Crippen molar-refractivity contribution < 1.29 is 29.0 Å². The highest BCUT2D eigenvalue weighted by Gasteiger charge is 2.46. The Morgan fingerprint density at radius 2 is 2.00 bits per heavy atom. The van der Waals surface area contributed by atoms with Gasteiger partial charge < -0.3 is 24.5 Å². The Hall–Kier alpha value is -3.50. The number of nitrogens with one attached hydrogen (secondary N) is 1. The molecule has 0 unspecified atom stereocenters. The summed E-state index contributed by atoms with van der Waals surface area (Å²) in [4.78, 5) is 49.8. The molecule has 0 radical (unpaired) electrons. The molecular formula is C26H32N4O6. The molecule has 2 aliphatic heterocycles. The van der Waals surface area contributed by atoms with Gasteiger partial charge in [0.25, 0.3) is 11.7 Å². The first-order chi connectivity index (χ1) is 17.3. The van der Waals surface area contributed by atoms with Gasteiger partial charge in [-0.15, -0.1) is 0 Å². The van der Waals surface area contributed by atoms with E-state index in [1.54, 1.807) is 45.3 Å². The Labute approximate surface area is 209 Å². The van der Waals surface area contributed by atoms with Crippen LogP contribution >= 0.6 is 0 Å². The lowest BCUT2D eigenvalue weighted by Crippen LogP contribution is -2.39. The zero-order valence-corrected chi connectivity index (χ0v) is 20.9. The summed E-state index contributed by atoms with van der Waals surface area (Å²) in [5, 5.41) is 11.4. The predicted molar refractivity (Wildman–Crippen MR) is 131 cm³/mol. The Kier molecular flexibility index (Phi) is 7.85. The van der Waals surface area contributed by atoms with Gasteiger partial charge in [-0.3, -0.25) is 19.5 Å². The molecule has 0 aliphatic carbocycles. The molecule has 0 bridgehead atoms. The number of carbonyl (C=O) groups is 3. The molecule has 2 saturated heterocycles. The number of morpholine rings is 1. The van der Waals surface area contributed by atoms with Crippen LogP contribution in [0.2, 0.25) is 0 Å². The number of nitrogens with zero attached hydrogens (tertiary/aromatic N) is 3. The zero-order chi connectivity index (χ0) is 25.8. The van der Waals surface area contributed by atoms with Gasteiger partial charge in [-0.2, -0.15) is 0 Å². The van der Waals surface area contributed by atoms with Gasteiger partial charge in [0.15, 0.2) is 0 Å². The van der Waals surface area contributed by atoms with Crippen molar-refractivity contribution in [2.45, 2.75) is 33.2 Å². The van der Waals surface area contributed by atoms with Gasteiger partial charge in [0.2, 0.25) is 0 Å². The minimum Gasteiger partial charge on any atom is -0.507 e. The van der Waals surface area contributed by atoms with Crippen LogP contribution in [0.4, 0.5) is 0 Å². The van der Waals surface area contributed by atoms with E-state index in [-0.39, 0.29) is 23.6 Å². The van der Waals surface area contributed by atoms with Crippen molar-refractivity contribution in [2.24, 2.45) is 0 Å². The Balaban J connectivity index is 1.71. The number of hydrogen-bond acceptors (Lipinski definition) is 8. The van der Waals surface area contributed by atoms with Gasteiger partial charge in [0.1, 0.15) is 11.5 Å². The minimum absolute atomic E-state index is 0.0139. The second-order valence-electron chi connectivity index (χ2n) is 8.93. The number of aromatic amines is 1. The lowest BCUT2D eigenvalue weighted by atomic mass is 9.95.